The number of nitrogens with one attached hydrogen (secondary N) is 2. The fraction of sp³-hybridized carbons (Fsp3) is 0.324. The van der Waals surface area contributed by atoms with E-state index in [4.69, 9.17) is 21.9 Å². The topological polar surface area (TPSA) is 166 Å². The summed E-state index contributed by atoms with van der Waals surface area (Å²) in [6.07, 6.45) is 2.12. The van der Waals surface area contributed by atoms with Crippen LogP contribution in [0.2, 0.25) is 0 Å². The Bertz CT molecular complexity index is 1810. The van der Waals surface area contributed by atoms with Crippen LogP contribution in [-0.4, -0.2) is 55.2 Å². The zero-order valence-electron chi connectivity index (χ0n) is 25.6. The third-order valence-corrected chi connectivity index (χ3v) is 9.97. The van der Waals surface area contributed by atoms with Gasteiger partial charge in [0.25, 0.3) is 5.91 Å². The smallest absolute Gasteiger partial charge is 0.261 e. The molecule has 2 aliphatic carbocycles. The van der Waals surface area contributed by atoms with Crippen molar-refractivity contribution in [1.29, 1.82) is 0 Å². The highest BCUT2D eigenvalue weighted by molar-refractivity contribution is 7.21. The molecule has 11 heteroatoms. The van der Waals surface area contributed by atoms with E-state index in [1.807, 2.05) is 62.3 Å². The Morgan fingerprint density at radius 3 is 2.38 bits per heavy atom. The molecule has 0 radical (unpaired) electrons. The Labute approximate surface area is 265 Å². The van der Waals surface area contributed by atoms with E-state index in [0.717, 1.165) is 18.4 Å². The second kappa shape index (κ2) is 11.9. The first-order valence-electron chi connectivity index (χ1n) is 15.0. The van der Waals surface area contributed by atoms with Gasteiger partial charge in [-0.2, -0.15) is 0 Å². The number of nitrogen functional groups attached to an aromatic ring is 1. The Hall–Kier alpha value is -4.29. The van der Waals surface area contributed by atoms with Crippen molar-refractivity contribution in [3.8, 4) is 11.5 Å². The average Bonchev–Trinajstić information content (AvgIpc) is 3.61. The molecule has 2 unspecified atom stereocenters. The van der Waals surface area contributed by atoms with Gasteiger partial charge in [0.1, 0.15) is 17.0 Å². The Balaban J connectivity index is 1.31. The molecule has 45 heavy (non-hydrogen) atoms. The standard InChI is InChI=1S/C34H38N6O4S/c1-18-15-22(44-21-7-5-4-6-8-21)11-12-23(18)34(37)24-13-14-25(35)30-27(24)28(29(36)32(34)42)31(45-30)33(43)39-20-10-9-19(16-20)38-26(41)17-40(2)3/h4-8,11-15,19-20,29H,9-10,16-17,35-37H2,1-3H3,(H,38,41)(H,39,43)/t19-,20+,29?,34?/m1/s1. The minimum Gasteiger partial charge on any atom is -0.457 e. The first-order chi connectivity index (χ1) is 21.5. The number of thiophene rings is 1. The normalized spacial score (nSPS) is 22.5. The Morgan fingerprint density at radius 1 is 1.00 bits per heavy atom. The molecule has 0 spiro atoms. The van der Waals surface area contributed by atoms with Gasteiger partial charge in [-0.05, 0) is 87.3 Å². The fourth-order valence-electron chi connectivity index (χ4n) is 6.65. The van der Waals surface area contributed by atoms with Crippen molar-refractivity contribution < 1.29 is 19.1 Å². The largest absolute Gasteiger partial charge is 0.457 e. The third kappa shape index (κ3) is 5.57. The summed E-state index contributed by atoms with van der Waals surface area (Å²) < 4.78 is 6.68. The zero-order chi connectivity index (χ0) is 32.0. The number of amides is 2. The van der Waals surface area contributed by atoms with Crippen LogP contribution in [0.1, 0.15) is 57.2 Å². The number of anilines is 1. The highest BCUT2D eigenvalue weighted by Crippen LogP contribution is 2.50. The maximum absolute atomic E-state index is 14.2. The number of benzene rings is 3. The number of likely N-dealkylation sites (N-methyl/N-ethyl adjacent to an activating group) is 1. The molecule has 234 valence electrons. The summed E-state index contributed by atoms with van der Waals surface area (Å²) in [6.45, 7) is 2.19. The number of ether oxygens (including phenoxy) is 1. The summed E-state index contributed by atoms with van der Waals surface area (Å²) in [7, 11) is 3.69. The number of rotatable bonds is 8. The Morgan fingerprint density at radius 2 is 1.69 bits per heavy atom. The van der Waals surface area contributed by atoms with Crippen LogP contribution >= 0.6 is 11.3 Å². The number of nitrogens with two attached hydrogens (primary N) is 3. The van der Waals surface area contributed by atoms with E-state index < -0.39 is 17.4 Å². The van der Waals surface area contributed by atoms with E-state index in [-0.39, 0.29) is 23.9 Å². The molecular formula is C34H38N6O4S. The van der Waals surface area contributed by atoms with Crippen molar-refractivity contribution in [3.05, 3.63) is 87.8 Å². The van der Waals surface area contributed by atoms with Crippen LogP contribution in [0.5, 0.6) is 11.5 Å². The molecule has 0 saturated heterocycles. The van der Waals surface area contributed by atoms with E-state index >= 15 is 0 Å². The molecule has 1 heterocycles. The monoisotopic (exact) mass is 626 g/mol. The molecule has 2 amide bonds. The molecule has 0 bridgehead atoms. The fourth-order valence-corrected chi connectivity index (χ4v) is 7.85. The number of para-hydroxylation sites is 1. The molecule has 6 rings (SSSR count). The molecular weight excluding hydrogens is 588 g/mol. The molecule has 0 aliphatic heterocycles. The quantitative estimate of drug-likeness (QED) is 0.185. The Kier molecular flexibility index (Phi) is 8.13. The number of carbonyl (C=O) groups excluding carboxylic acids is 3. The number of aryl methyl sites for hydroxylation is 1. The van der Waals surface area contributed by atoms with E-state index in [2.05, 4.69) is 10.6 Å². The summed E-state index contributed by atoms with van der Waals surface area (Å²) in [5.74, 6) is 0.546. The van der Waals surface area contributed by atoms with Crippen molar-refractivity contribution in [1.82, 2.24) is 15.5 Å². The second-order valence-electron chi connectivity index (χ2n) is 12.3. The molecule has 1 aromatic heterocycles. The summed E-state index contributed by atoms with van der Waals surface area (Å²) in [5.41, 5.74) is 21.5. The van der Waals surface area contributed by atoms with Crippen molar-refractivity contribution in [2.45, 2.75) is 49.9 Å². The van der Waals surface area contributed by atoms with Gasteiger partial charge < -0.3 is 37.5 Å². The van der Waals surface area contributed by atoms with Crippen LogP contribution < -0.4 is 32.6 Å². The van der Waals surface area contributed by atoms with Crippen LogP contribution in [0.15, 0.2) is 60.7 Å². The molecule has 4 aromatic rings. The van der Waals surface area contributed by atoms with Crippen LogP contribution in [0.4, 0.5) is 5.69 Å². The van der Waals surface area contributed by atoms with Crippen molar-refractivity contribution in [2.24, 2.45) is 11.5 Å². The van der Waals surface area contributed by atoms with Crippen molar-refractivity contribution in [2.75, 3.05) is 26.4 Å². The van der Waals surface area contributed by atoms with Crippen molar-refractivity contribution in [3.63, 3.8) is 0 Å². The lowest BCUT2D eigenvalue weighted by Crippen LogP contribution is -2.53. The molecule has 1 fully saturated rings. The number of hydrogen-bond donors (Lipinski definition) is 5. The van der Waals surface area contributed by atoms with Gasteiger partial charge in [-0.15, -0.1) is 11.3 Å². The lowest BCUT2D eigenvalue weighted by atomic mass is 9.69. The molecule has 8 N–H and O–H groups in total. The van der Waals surface area contributed by atoms with E-state index in [0.29, 0.717) is 61.8 Å². The van der Waals surface area contributed by atoms with E-state index in [1.54, 1.807) is 24.3 Å². The molecule has 3 aromatic carbocycles. The minimum absolute atomic E-state index is 0.0137. The van der Waals surface area contributed by atoms with E-state index in [1.165, 1.54) is 11.3 Å². The van der Waals surface area contributed by atoms with Gasteiger partial charge in [0.15, 0.2) is 5.78 Å². The summed E-state index contributed by atoms with van der Waals surface area (Å²) >= 11 is 1.23. The van der Waals surface area contributed by atoms with Gasteiger partial charge >= 0.3 is 0 Å². The maximum atomic E-state index is 14.2. The van der Waals surface area contributed by atoms with Crippen LogP contribution in [0.25, 0.3) is 10.1 Å². The third-order valence-electron chi connectivity index (χ3n) is 8.71. The number of ketones is 1. The molecule has 4 atom stereocenters. The predicted octanol–water partition coefficient (Wildman–Crippen LogP) is 3.70. The zero-order valence-corrected chi connectivity index (χ0v) is 26.4. The van der Waals surface area contributed by atoms with Gasteiger partial charge in [0.05, 0.1) is 22.2 Å². The number of hydrogen-bond acceptors (Lipinski definition) is 9. The highest BCUT2D eigenvalue weighted by Gasteiger charge is 2.49. The van der Waals surface area contributed by atoms with Crippen molar-refractivity contribution >= 4 is 44.7 Å². The lowest BCUT2D eigenvalue weighted by Gasteiger charge is -2.37. The van der Waals surface area contributed by atoms with Crippen LogP contribution in [-0.2, 0) is 15.1 Å². The predicted molar refractivity (Wildman–Crippen MR) is 176 cm³/mol. The van der Waals surface area contributed by atoms with Gasteiger partial charge in [-0.25, -0.2) is 0 Å². The number of Topliss-reactive ketones (excluding diaryl/α,β-unsaturated/α-hetero) is 1. The highest BCUT2D eigenvalue weighted by atomic mass is 32.1. The van der Waals surface area contributed by atoms with E-state index in [9.17, 15) is 14.4 Å². The SMILES string of the molecule is Cc1cc(Oc2ccccc2)ccc1C1(N)C(=O)C(N)c2c(C(=O)N[C@H]3CC[C@@H](NC(=O)CN(C)C)C3)sc3c(N)ccc1c23. The first-order valence-corrected chi connectivity index (χ1v) is 15.8. The maximum Gasteiger partial charge on any atom is 0.261 e. The minimum atomic E-state index is -1.56. The summed E-state index contributed by atoms with van der Waals surface area (Å²) in [4.78, 5) is 42.4. The van der Waals surface area contributed by atoms with Gasteiger partial charge in [0.2, 0.25) is 5.91 Å². The lowest BCUT2D eigenvalue weighted by molar-refractivity contribution is -0.125. The number of carbonyl (C=O) groups is 3. The van der Waals surface area contributed by atoms with Gasteiger partial charge in [0, 0.05) is 28.7 Å². The average molecular weight is 627 g/mol. The molecule has 2 aliphatic rings. The molecule has 10 nitrogen and oxygen atoms in total. The first kappa shape index (κ1) is 30.7. The van der Waals surface area contributed by atoms with Crippen LogP contribution in [0, 0.1) is 6.92 Å². The van der Waals surface area contributed by atoms with Gasteiger partial charge in [-0.1, -0.05) is 30.3 Å². The molecule has 1 saturated carbocycles. The second-order valence-corrected chi connectivity index (χ2v) is 13.3. The van der Waals surface area contributed by atoms with Gasteiger partial charge in [-0.3, -0.25) is 14.4 Å². The number of nitrogens with zero attached hydrogens (tertiary/aromatic N) is 1. The summed E-state index contributed by atoms with van der Waals surface area (Å²) in [5, 5.41) is 6.82. The summed E-state index contributed by atoms with van der Waals surface area (Å²) in [6, 6.07) is 17.1. The van der Waals surface area contributed by atoms with Crippen LogP contribution in [0.3, 0.4) is 0 Å².